The predicted octanol–water partition coefficient (Wildman–Crippen LogP) is 3.32. The molecule has 0 N–H and O–H groups in total. The number of aryl methyl sites for hydroxylation is 2. The van der Waals surface area contributed by atoms with Crippen molar-refractivity contribution in [3.8, 4) is 11.8 Å². The third kappa shape index (κ3) is 3.59. The molecule has 146 valence electrons. The van der Waals surface area contributed by atoms with Crippen LogP contribution >= 0.6 is 0 Å². The molecule has 3 heterocycles. The number of rotatable bonds is 3. The average molecular weight is 385 g/mol. The van der Waals surface area contributed by atoms with Crippen LogP contribution in [0.3, 0.4) is 0 Å². The van der Waals surface area contributed by atoms with Gasteiger partial charge >= 0.3 is 0 Å². The van der Waals surface area contributed by atoms with Gasteiger partial charge in [0.05, 0.1) is 5.56 Å². The number of nitrogens with zero attached hydrogens (tertiary/aromatic N) is 5. The van der Waals surface area contributed by atoms with Crippen molar-refractivity contribution in [2.24, 2.45) is 0 Å². The highest BCUT2D eigenvalue weighted by Gasteiger charge is 2.24. The zero-order valence-corrected chi connectivity index (χ0v) is 16.7. The van der Waals surface area contributed by atoms with Gasteiger partial charge in [0, 0.05) is 55.0 Å². The summed E-state index contributed by atoms with van der Waals surface area (Å²) in [5.41, 5.74) is 4.66. The number of piperazine rings is 1. The van der Waals surface area contributed by atoms with Crippen LogP contribution < -0.4 is 4.90 Å². The molecule has 6 heteroatoms. The molecule has 0 aliphatic carbocycles. The quantitative estimate of drug-likeness (QED) is 0.694. The number of carbonyl (C=O) groups is 1. The molecule has 1 aromatic carbocycles. The summed E-state index contributed by atoms with van der Waals surface area (Å²) < 4.78 is 2.17. The lowest BCUT2D eigenvalue weighted by Crippen LogP contribution is -2.49. The van der Waals surface area contributed by atoms with Crippen molar-refractivity contribution in [2.75, 3.05) is 31.1 Å². The normalized spacial score (nSPS) is 14.0. The van der Waals surface area contributed by atoms with Crippen LogP contribution in [-0.4, -0.2) is 46.5 Å². The first kappa shape index (κ1) is 18.8. The SMILES string of the molecule is Cc1ccc(C)n1-c1ccc(C(=O)N2CCN(c3ncccc3C#N)CC2)cc1. The number of nitriles is 1. The number of anilines is 1. The topological polar surface area (TPSA) is 65.2 Å². The molecule has 1 amide bonds. The van der Waals surface area contributed by atoms with E-state index in [2.05, 4.69) is 46.5 Å². The molecule has 0 bridgehead atoms. The fourth-order valence-corrected chi connectivity index (χ4v) is 3.87. The Hall–Kier alpha value is -3.59. The van der Waals surface area contributed by atoms with Crippen molar-refractivity contribution < 1.29 is 4.79 Å². The smallest absolute Gasteiger partial charge is 0.253 e. The van der Waals surface area contributed by atoms with Crippen molar-refractivity contribution in [3.05, 3.63) is 77.2 Å². The van der Waals surface area contributed by atoms with E-state index in [0.29, 0.717) is 43.1 Å². The van der Waals surface area contributed by atoms with Gasteiger partial charge in [0.2, 0.25) is 0 Å². The zero-order chi connectivity index (χ0) is 20.4. The highest BCUT2D eigenvalue weighted by molar-refractivity contribution is 5.94. The second-order valence-corrected chi connectivity index (χ2v) is 7.26. The monoisotopic (exact) mass is 385 g/mol. The molecule has 0 radical (unpaired) electrons. The molecule has 2 aromatic heterocycles. The first-order valence-electron chi connectivity index (χ1n) is 9.73. The molecule has 1 fully saturated rings. The molecule has 0 unspecified atom stereocenters. The molecule has 1 aliphatic rings. The maximum atomic E-state index is 12.9. The summed E-state index contributed by atoms with van der Waals surface area (Å²) in [6.45, 7) is 6.69. The Kier molecular flexibility index (Phi) is 5.05. The van der Waals surface area contributed by atoms with Crippen LogP contribution in [0.5, 0.6) is 0 Å². The second-order valence-electron chi connectivity index (χ2n) is 7.26. The Morgan fingerprint density at radius 3 is 2.24 bits per heavy atom. The Bertz CT molecular complexity index is 1050. The summed E-state index contributed by atoms with van der Waals surface area (Å²) in [6.07, 6.45) is 1.70. The maximum absolute atomic E-state index is 12.9. The van der Waals surface area contributed by atoms with Crippen LogP contribution in [0.4, 0.5) is 5.82 Å². The van der Waals surface area contributed by atoms with Gasteiger partial charge in [-0.05, 0) is 62.4 Å². The van der Waals surface area contributed by atoms with E-state index in [1.54, 1.807) is 18.3 Å². The van der Waals surface area contributed by atoms with Crippen LogP contribution in [0.25, 0.3) is 5.69 Å². The number of hydrogen-bond acceptors (Lipinski definition) is 4. The van der Waals surface area contributed by atoms with Gasteiger partial charge in [-0.1, -0.05) is 0 Å². The lowest BCUT2D eigenvalue weighted by Gasteiger charge is -2.35. The summed E-state index contributed by atoms with van der Waals surface area (Å²) in [5.74, 6) is 0.739. The van der Waals surface area contributed by atoms with E-state index >= 15 is 0 Å². The van der Waals surface area contributed by atoms with Crippen molar-refractivity contribution in [1.82, 2.24) is 14.5 Å². The van der Waals surface area contributed by atoms with E-state index in [9.17, 15) is 10.1 Å². The lowest BCUT2D eigenvalue weighted by molar-refractivity contribution is 0.0746. The number of pyridine rings is 1. The maximum Gasteiger partial charge on any atom is 0.253 e. The van der Waals surface area contributed by atoms with Gasteiger partial charge in [0.15, 0.2) is 0 Å². The molecule has 1 saturated heterocycles. The first-order valence-corrected chi connectivity index (χ1v) is 9.73. The van der Waals surface area contributed by atoms with Gasteiger partial charge in [-0.25, -0.2) is 4.98 Å². The molecule has 0 atom stereocenters. The fourth-order valence-electron chi connectivity index (χ4n) is 3.87. The molecular formula is C23H23N5O. The van der Waals surface area contributed by atoms with Crippen molar-refractivity contribution in [3.63, 3.8) is 0 Å². The molecule has 6 nitrogen and oxygen atoms in total. The van der Waals surface area contributed by atoms with E-state index in [4.69, 9.17) is 0 Å². The van der Waals surface area contributed by atoms with Crippen LogP contribution in [0.15, 0.2) is 54.7 Å². The van der Waals surface area contributed by atoms with Gasteiger partial charge in [0.1, 0.15) is 11.9 Å². The minimum Gasteiger partial charge on any atom is -0.352 e. The number of aromatic nitrogens is 2. The van der Waals surface area contributed by atoms with Gasteiger partial charge in [-0.2, -0.15) is 5.26 Å². The standard InChI is InChI=1S/C23H23N5O/c1-17-5-6-18(2)28(17)21-9-7-19(8-10-21)23(29)27-14-12-26(13-15-27)22-20(16-24)4-3-11-25-22/h3-11H,12-15H2,1-2H3. The minimum absolute atomic E-state index is 0.0404. The van der Waals surface area contributed by atoms with Crippen molar-refractivity contribution >= 4 is 11.7 Å². The summed E-state index contributed by atoms with van der Waals surface area (Å²) in [6, 6.07) is 17.7. The van der Waals surface area contributed by atoms with E-state index in [1.165, 1.54) is 11.4 Å². The largest absolute Gasteiger partial charge is 0.352 e. The average Bonchev–Trinajstić information content (AvgIpc) is 3.11. The minimum atomic E-state index is 0.0404. The fraction of sp³-hybridized carbons (Fsp3) is 0.261. The summed E-state index contributed by atoms with van der Waals surface area (Å²) >= 11 is 0. The van der Waals surface area contributed by atoms with Crippen LogP contribution in [0.1, 0.15) is 27.3 Å². The van der Waals surface area contributed by atoms with Crippen LogP contribution in [0.2, 0.25) is 0 Å². The lowest BCUT2D eigenvalue weighted by atomic mass is 10.1. The highest BCUT2D eigenvalue weighted by atomic mass is 16.2. The molecule has 0 saturated carbocycles. The zero-order valence-electron chi connectivity index (χ0n) is 16.7. The number of amides is 1. The highest BCUT2D eigenvalue weighted by Crippen LogP contribution is 2.20. The Morgan fingerprint density at radius 1 is 0.966 bits per heavy atom. The molecule has 3 aromatic rings. The summed E-state index contributed by atoms with van der Waals surface area (Å²) in [7, 11) is 0. The number of hydrogen-bond donors (Lipinski definition) is 0. The van der Waals surface area contributed by atoms with Crippen molar-refractivity contribution in [2.45, 2.75) is 13.8 Å². The first-order chi connectivity index (χ1) is 14.1. The molecule has 0 spiro atoms. The molecular weight excluding hydrogens is 362 g/mol. The Morgan fingerprint density at radius 2 is 1.62 bits per heavy atom. The second kappa shape index (κ2) is 7.80. The van der Waals surface area contributed by atoms with E-state index in [1.807, 2.05) is 29.2 Å². The molecule has 4 rings (SSSR count). The number of carbonyl (C=O) groups excluding carboxylic acids is 1. The summed E-state index contributed by atoms with van der Waals surface area (Å²) in [5, 5.41) is 9.28. The van der Waals surface area contributed by atoms with E-state index < -0.39 is 0 Å². The Balaban J connectivity index is 1.44. The van der Waals surface area contributed by atoms with Crippen LogP contribution in [-0.2, 0) is 0 Å². The third-order valence-electron chi connectivity index (χ3n) is 5.42. The molecule has 29 heavy (non-hydrogen) atoms. The van der Waals surface area contributed by atoms with Crippen LogP contribution in [0, 0.1) is 25.2 Å². The van der Waals surface area contributed by atoms with Crippen molar-refractivity contribution in [1.29, 1.82) is 5.26 Å². The van der Waals surface area contributed by atoms with Gasteiger partial charge in [0.25, 0.3) is 5.91 Å². The van der Waals surface area contributed by atoms with Gasteiger partial charge < -0.3 is 14.4 Å². The third-order valence-corrected chi connectivity index (χ3v) is 5.42. The summed E-state index contributed by atoms with van der Waals surface area (Å²) in [4.78, 5) is 21.2. The number of benzene rings is 1. The van der Waals surface area contributed by atoms with E-state index in [-0.39, 0.29) is 5.91 Å². The van der Waals surface area contributed by atoms with Gasteiger partial charge in [-0.15, -0.1) is 0 Å². The molecule has 1 aliphatic heterocycles. The Labute approximate surface area is 170 Å². The van der Waals surface area contributed by atoms with Gasteiger partial charge in [-0.3, -0.25) is 4.79 Å². The predicted molar refractivity (Wildman–Crippen MR) is 112 cm³/mol. The van der Waals surface area contributed by atoms with E-state index in [0.717, 1.165) is 5.69 Å².